The smallest absolute Gasteiger partial charge is 0.232 e. The molecular weight excluding hydrogens is 264 g/mol. The standard InChI is InChI=1S/C14H19ClN2O2/c1-10-11(15)3-2-4-12(10)17-13(18)14(9-16)5-7-19-8-6-14/h2-4H,5-9,16H2,1H3,(H,17,18). The molecular formula is C14H19ClN2O2. The topological polar surface area (TPSA) is 64.4 Å². The van der Waals surface area contributed by atoms with Crippen LogP contribution in [0.1, 0.15) is 18.4 Å². The molecule has 2 rings (SSSR count). The van der Waals surface area contributed by atoms with E-state index in [1.807, 2.05) is 19.1 Å². The maximum Gasteiger partial charge on any atom is 0.232 e. The normalized spacial score (nSPS) is 18.1. The van der Waals surface area contributed by atoms with Crippen LogP contribution in [0.2, 0.25) is 5.02 Å². The first-order chi connectivity index (χ1) is 9.09. The minimum absolute atomic E-state index is 0.0383. The van der Waals surface area contributed by atoms with Crippen LogP contribution in [0, 0.1) is 12.3 Å². The fourth-order valence-corrected chi connectivity index (χ4v) is 2.46. The molecule has 0 spiro atoms. The van der Waals surface area contributed by atoms with Crippen molar-refractivity contribution in [2.24, 2.45) is 11.1 Å². The summed E-state index contributed by atoms with van der Waals surface area (Å²) in [6, 6.07) is 5.48. The Morgan fingerprint density at radius 3 is 2.79 bits per heavy atom. The van der Waals surface area contributed by atoms with Crippen LogP contribution in [0.5, 0.6) is 0 Å². The van der Waals surface area contributed by atoms with Crippen molar-refractivity contribution in [3.63, 3.8) is 0 Å². The third-order valence-corrected chi connectivity index (χ3v) is 4.25. The Morgan fingerprint density at radius 1 is 1.47 bits per heavy atom. The van der Waals surface area contributed by atoms with E-state index in [2.05, 4.69) is 5.32 Å². The summed E-state index contributed by atoms with van der Waals surface area (Å²) < 4.78 is 5.31. The summed E-state index contributed by atoms with van der Waals surface area (Å²) in [5, 5.41) is 3.60. The lowest BCUT2D eigenvalue weighted by atomic mass is 9.79. The average molecular weight is 283 g/mol. The Kier molecular flexibility index (Phi) is 4.45. The molecule has 0 aromatic heterocycles. The molecule has 1 heterocycles. The first-order valence-electron chi connectivity index (χ1n) is 6.43. The molecule has 1 aromatic carbocycles. The van der Waals surface area contributed by atoms with Gasteiger partial charge in [-0.1, -0.05) is 17.7 Å². The van der Waals surface area contributed by atoms with Gasteiger partial charge in [0.25, 0.3) is 0 Å². The second-order valence-corrected chi connectivity index (χ2v) is 5.37. The largest absolute Gasteiger partial charge is 0.381 e. The van der Waals surface area contributed by atoms with Crippen molar-refractivity contribution < 1.29 is 9.53 Å². The van der Waals surface area contributed by atoms with Crippen molar-refractivity contribution in [2.45, 2.75) is 19.8 Å². The molecule has 1 fully saturated rings. The monoisotopic (exact) mass is 282 g/mol. The van der Waals surface area contributed by atoms with E-state index in [1.165, 1.54) is 0 Å². The molecule has 5 heteroatoms. The Bertz CT molecular complexity index is 471. The van der Waals surface area contributed by atoms with Gasteiger partial charge in [0.2, 0.25) is 5.91 Å². The molecule has 104 valence electrons. The Morgan fingerprint density at radius 2 is 2.16 bits per heavy atom. The van der Waals surface area contributed by atoms with Crippen LogP contribution in [0.3, 0.4) is 0 Å². The zero-order valence-corrected chi connectivity index (χ0v) is 11.8. The van der Waals surface area contributed by atoms with Crippen molar-refractivity contribution in [2.75, 3.05) is 25.1 Å². The van der Waals surface area contributed by atoms with Crippen LogP contribution in [0.4, 0.5) is 5.69 Å². The van der Waals surface area contributed by atoms with E-state index in [1.54, 1.807) is 6.07 Å². The first-order valence-corrected chi connectivity index (χ1v) is 6.81. The second-order valence-electron chi connectivity index (χ2n) is 4.96. The van der Waals surface area contributed by atoms with Crippen molar-refractivity contribution in [3.05, 3.63) is 28.8 Å². The van der Waals surface area contributed by atoms with Crippen molar-refractivity contribution in [1.29, 1.82) is 0 Å². The number of nitrogens with one attached hydrogen (secondary N) is 1. The van der Waals surface area contributed by atoms with Gasteiger partial charge in [0.1, 0.15) is 0 Å². The first kappa shape index (κ1) is 14.3. The predicted octanol–water partition coefficient (Wildman–Crippen LogP) is 2.34. The third kappa shape index (κ3) is 2.91. The van der Waals surface area contributed by atoms with Crippen LogP contribution in [-0.2, 0) is 9.53 Å². The number of nitrogens with two attached hydrogens (primary N) is 1. The fraction of sp³-hybridized carbons (Fsp3) is 0.500. The average Bonchev–Trinajstić information content (AvgIpc) is 2.44. The van der Waals surface area contributed by atoms with Crippen LogP contribution in [0.15, 0.2) is 18.2 Å². The zero-order chi connectivity index (χ0) is 13.9. The lowest BCUT2D eigenvalue weighted by Crippen LogP contribution is -2.46. The number of rotatable bonds is 3. The molecule has 0 bridgehead atoms. The SMILES string of the molecule is Cc1c(Cl)cccc1NC(=O)C1(CN)CCOCC1. The maximum absolute atomic E-state index is 12.5. The number of ether oxygens (including phenoxy) is 1. The molecule has 1 amide bonds. The van der Waals surface area contributed by atoms with E-state index in [9.17, 15) is 4.79 Å². The van der Waals surface area contributed by atoms with Gasteiger partial charge in [-0.25, -0.2) is 0 Å². The lowest BCUT2D eigenvalue weighted by molar-refractivity contribution is -0.130. The highest BCUT2D eigenvalue weighted by atomic mass is 35.5. The maximum atomic E-state index is 12.5. The third-order valence-electron chi connectivity index (χ3n) is 3.84. The number of halogens is 1. The van der Waals surface area contributed by atoms with Gasteiger partial charge in [-0.2, -0.15) is 0 Å². The number of hydrogen-bond donors (Lipinski definition) is 2. The highest BCUT2D eigenvalue weighted by Gasteiger charge is 2.38. The summed E-state index contributed by atoms with van der Waals surface area (Å²) in [4.78, 5) is 12.5. The molecule has 1 aliphatic rings. The van der Waals surface area contributed by atoms with Gasteiger partial charge in [-0.15, -0.1) is 0 Å². The molecule has 1 aliphatic heterocycles. The van der Waals surface area contributed by atoms with Gasteiger partial charge < -0.3 is 15.8 Å². The van der Waals surface area contributed by atoms with Gasteiger partial charge in [0.05, 0.1) is 5.41 Å². The second kappa shape index (κ2) is 5.90. The lowest BCUT2D eigenvalue weighted by Gasteiger charge is -2.34. The number of benzene rings is 1. The van der Waals surface area contributed by atoms with Crippen LogP contribution >= 0.6 is 11.6 Å². The van der Waals surface area contributed by atoms with Gasteiger partial charge in [0, 0.05) is 30.5 Å². The van der Waals surface area contributed by atoms with Crippen molar-refractivity contribution in [3.8, 4) is 0 Å². The Labute approximate surface area is 118 Å². The van der Waals surface area contributed by atoms with E-state index in [0.717, 1.165) is 11.3 Å². The molecule has 3 N–H and O–H groups in total. The summed E-state index contributed by atoms with van der Waals surface area (Å²) in [5.41, 5.74) is 6.92. The minimum Gasteiger partial charge on any atom is -0.381 e. The minimum atomic E-state index is -0.521. The molecule has 1 aromatic rings. The zero-order valence-electron chi connectivity index (χ0n) is 11.0. The molecule has 19 heavy (non-hydrogen) atoms. The number of carbonyl (C=O) groups is 1. The van der Waals surface area contributed by atoms with Gasteiger partial charge in [-0.3, -0.25) is 4.79 Å². The summed E-state index contributed by atoms with van der Waals surface area (Å²) in [6.07, 6.45) is 1.32. The van der Waals surface area contributed by atoms with Gasteiger partial charge in [0.15, 0.2) is 0 Å². The summed E-state index contributed by atoms with van der Waals surface area (Å²) in [5.74, 6) is -0.0383. The number of anilines is 1. The number of amides is 1. The predicted molar refractivity (Wildman–Crippen MR) is 76.4 cm³/mol. The van der Waals surface area contributed by atoms with Crippen LogP contribution < -0.4 is 11.1 Å². The van der Waals surface area contributed by atoms with E-state index in [0.29, 0.717) is 37.6 Å². The van der Waals surface area contributed by atoms with Crippen LogP contribution in [-0.4, -0.2) is 25.7 Å². The van der Waals surface area contributed by atoms with E-state index >= 15 is 0 Å². The molecule has 0 unspecified atom stereocenters. The summed E-state index contributed by atoms with van der Waals surface area (Å²) in [6.45, 7) is 3.39. The molecule has 0 saturated carbocycles. The molecule has 4 nitrogen and oxygen atoms in total. The highest BCUT2D eigenvalue weighted by molar-refractivity contribution is 6.31. The van der Waals surface area contributed by atoms with E-state index in [-0.39, 0.29) is 5.91 Å². The van der Waals surface area contributed by atoms with Crippen molar-refractivity contribution >= 4 is 23.2 Å². The van der Waals surface area contributed by atoms with E-state index in [4.69, 9.17) is 22.1 Å². The quantitative estimate of drug-likeness (QED) is 0.894. The summed E-state index contributed by atoms with van der Waals surface area (Å²) >= 11 is 6.06. The number of carbonyl (C=O) groups excluding carboxylic acids is 1. The Balaban J connectivity index is 2.17. The molecule has 1 saturated heterocycles. The fourth-order valence-electron chi connectivity index (χ4n) is 2.28. The van der Waals surface area contributed by atoms with Crippen LogP contribution in [0.25, 0.3) is 0 Å². The molecule has 0 radical (unpaired) electrons. The molecule has 0 aliphatic carbocycles. The van der Waals surface area contributed by atoms with E-state index < -0.39 is 5.41 Å². The highest BCUT2D eigenvalue weighted by Crippen LogP contribution is 2.32. The Hall–Kier alpha value is -1.10. The van der Waals surface area contributed by atoms with Gasteiger partial charge >= 0.3 is 0 Å². The van der Waals surface area contributed by atoms with Crippen molar-refractivity contribution in [1.82, 2.24) is 0 Å². The summed E-state index contributed by atoms with van der Waals surface area (Å²) in [7, 11) is 0. The number of hydrogen-bond acceptors (Lipinski definition) is 3. The molecule has 0 atom stereocenters. The van der Waals surface area contributed by atoms with Gasteiger partial charge in [-0.05, 0) is 37.5 Å².